The largest absolute Gasteiger partial charge is 0.369 e. The van der Waals surface area contributed by atoms with E-state index in [-0.39, 0.29) is 0 Å². The van der Waals surface area contributed by atoms with Gasteiger partial charge >= 0.3 is 0 Å². The highest BCUT2D eigenvalue weighted by Crippen LogP contribution is 2.17. The first-order valence-corrected chi connectivity index (χ1v) is 6.26. The fourth-order valence-corrected chi connectivity index (χ4v) is 1.98. The lowest BCUT2D eigenvalue weighted by Gasteiger charge is -2.05. The monoisotopic (exact) mass is 254 g/mol. The Morgan fingerprint density at radius 1 is 1.11 bits per heavy atom. The second-order valence-electron chi connectivity index (χ2n) is 4.28. The minimum Gasteiger partial charge on any atom is -0.369 e. The van der Waals surface area contributed by atoms with Gasteiger partial charge in [-0.3, -0.25) is 0 Å². The maximum absolute atomic E-state index is 4.99. The van der Waals surface area contributed by atoms with Gasteiger partial charge in [-0.25, -0.2) is 4.98 Å². The molecule has 0 aliphatic carbocycles. The molecule has 3 aromatic rings. The van der Waals surface area contributed by atoms with Gasteiger partial charge < -0.3 is 9.84 Å². The first-order valence-electron chi connectivity index (χ1n) is 6.26. The fourth-order valence-electron chi connectivity index (χ4n) is 1.98. The minimum atomic E-state index is 0.514. The Morgan fingerprint density at radius 2 is 2.00 bits per heavy atom. The molecule has 0 spiro atoms. The summed E-state index contributed by atoms with van der Waals surface area (Å²) in [4.78, 5) is 8.20. The average molecular weight is 254 g/mol. The lowest BCUT2D eigenvalue weighted by Crippen LogP contribution is -2.05. The van der Waals surface area contributed by atoms with Gasteiger partial charge in [0.05, 0.1) is 6.20 Å². The Hall–Kier alpha value is -2.43. The second-order valence-corrected chi connectivity index (χ2v) is 4.28. The van der Waals surface area contributed by atoms with Crippen LogP contribution in [0.3, 0.4) is 0 Å². The van der Waals surface area contributed by atoms with Gasteiger partial charge in [0.15, 0.2) is 0 Å². The Labute approximate surface area is 110 Å². The smallest absolute Gasteiger partial charge is 0.262 e. The van der Waals surface area contributed by atoms with Gasteiger partial charge in [0.1, 0.15) is 17.5 Å². The van der Waals surface area contributed by atoms with E-state index in [0.29, 0.717) is 5.71 Å². The highest BCUT2D eigenvalue weighted by atomic mass is 16.5. The van der Waals surface area contributed by atoms with Gasteiger partial charge in [0, 0.05) is 6.54 Å². The highest BCUT2D eigenvalue weighted by molar-refractivity contribution is 5.83. The number of aryl methyl sites for hydroxylation is 1. The topological polar surface area (TPSA) is 63.8 Å². The molecule has 5 heteroatoms. The van der Waals surface area contributed by atoms with E-state index in [2.05, 4.69) is 44.7 Å². The van der Waals surface area contributed by atoms with Crippen LogP contribution in [0.25, 0.3) is 11.1 Å². The van der Waals surface area contributed by atoms with E-state index in [1.165, 1.54) is 11.9 Å². The molecule has 0 bridgehead atoms. The molecular formula is C14H14N4O. The van der Waals surface area contributed by atoms with E-state index in [1.807, 2.05) is 6.07 Å². The Morgan fingerprint density at radius 3 is 2.89 bits per heavy atom. The van der Waals surface area contributed by atoms with Crippen molar-refractivity contribution in [3.05, 3.63) is 48.4 Å². The van der Waals surface area contributed by atoms with Crippen LogP contribution in [-0.4, -0.2) is 21.7 Å². The molecule has 1 N–H and O–H groups in total. The molecule has 0 fully saturated rings. The SMILES string of the molecule is c1ccc(CCCNc2ncnc3oncc23)cc1. The molecule has 2 aromatic heterocycles. The predicted molar refractivity (Wildman–Crippen MR) is 72.9 cm³/mol. The van der Waals surface area contributed by atoms with Crippen LogP contribution in [0.1, 0.15) is 12.0 Å². The summed E-state index contributed by atoms with van der Waals surface area (Å²) >= 11 is 0. The summed E-state index contributed by atoms with van der Waals surface area (Å²) in [6.45, 7) is 0.853. The van der Waals surface area contributed by atoms with Gasteiger partial charge in [-0.15, -0.1) is 0 Å². The molecule has 1 aromatic carbocycles. The zero-order valence-corrected chi connectivity index (χ0v) is 10.4. The number of rotatable bonds is 5. The molecule has 0 saturated heterocycles. The van der Waals surface area contributed by atoms with Crippen LogP contribution < -0.4 is 5.32 Å². The molecule has 96 valence electrons. The third kappa shape index (κ3) is 2.70. The van der Waals surface area contributed by atoms with Crippen molar-refractivity contribution < 1.29 is 4.52 Å². The van der Waals surface area contributed by atoms with Crippen molar-refractivity contribution in [2.45, 2.75) is 12.8 Å². The van der Waals surface area contributed by atoms with Crippen molar-refractivity contribution in [1.82, 2.24) is 15.1 Å². The van der Waals surface area contributed by atoms with Crippen LogP contribution >= 0.6 is 0 Å². The number of aromatic nitrogens is 3. The third-order valence-electron chi connectivity index (χ3n) is 2.95. The number of hydrogen-bond donors (Lipinski definition) is 1. The van der Waals surface area contributed by atoms with Crippen molar-refractivity contribution in [2.75, 3.05) is 11.9 Å². The molecule has 0 aliphatic heterocycles. The average Bonchev–Trinajstić information content (AvgIpc) is 2.94. The fraction of sp³-hybridized carbons (Fsp3) is 0.214. The number of anilines is 1. The van der Waals surface area contributed by atoms with Gasteiger partial charge in [0.2, 0.25) is 0 Å². The molecule has 0 radical (unpaired) electrons. The lowest BCUT2D eigenvalue weighted by atomic mass is 10.1. The summed E-state index contributed by atoms with van der Waals surface area (Å²) < 4.78 is 4.99. The maximum Gasteiger partial charge on any atom is 0.262 e. The van der Waals surface area contributed by atoms with Crippen molar-refractivity contribution in [3.8, 4) is 0 Å². The highest BCUT2D eigenvalue weighted by Gasteiger charge is 2.06. The summed E-state index contributed by atoms with van der Waals surface area (Å²) in [7, 11) is 0. The summed E-state index contributed by atoms with van der Waals surface area (Å²) in [5.41, 5.74) is 1.86. The molecule has 19 heavy (non-hydrogen) atoms. The summed E-state index contributed by atoms with van der Waals surface area (Å²) in [5, 5.41) is 7.83. The van der Waals surface area contributed by atoms with Crippen LogP contribution in [0, 0.1) is 0 Å². The van der Waals surface area contributed by atoms with Crippen LogP contribution in [0.2, 0.25) is 0 Å². The zero-order valence-electron chi connectivity index (χ0n) is 10.4. The van der Waals surface area contributed by atoms with Crippen LogP contribution in [-0.2, 0) is 6.42 Å². The number of nitrogens with zero attached hydrogens (tertiary/aromatic N) is 3. The standard InChI is InChI=1S/C14H14N4O/c1-2-5-11(6-3-1)7-4-8-15-13-12-9-18-19-14(12)17-10-16-13/h1-3,5-6,9-10H,4,7-8H2,(H,15,16,17). The number of fused-ring (bicyclic) bond motifs is 1. The minimum absolute atomic E-state index is 0.514. The lowest BCUT2D eigenvalue weighted by molar-refractivity contribution is 0.448. The summed E-state index contributed by atoms with van der Waals surface area (Å²) in [6.07, 6.45) is 5.20. The van der Waals surface area contributed by atoms with Crippen molar-refractivity contribution in [1.29, 1.82) is 0 Å². The summed E-state index contributed by atoms with van der Waals surface area (Å²) in [5.74, 6) is 0.777. The van der Waals surface area contributed by atoms with Crippen LogP contribution in [0.4, 0.5) is 5.82 Å². The third-order valence-corrected chi connectivity index (χ3v) is 2.95. The molecule has 0 unspecified atom stereocenters. The van der Waals surface area contributed by atoms with Gasteiger partial charge in [0.25, 0.3) is 5.71 Å². The Bertz CT molecular complexity index is 651. The van der Waals surface area contributed by atoms with Gasteiger partial charge in [-0.2, -0.15) is 4.98 Å². The van der Waals surface area contributed by atoms with Gasteiger partial charge in [-0.05, 0) is 18.4 Å². The molecule has 5 nitrogen and oxygen atoms in total. The van der Waals surface area contributed by atoms with E-state index in [1.54, 1.807) is 6.20 Å². The van der Waals surface area contributed by atoms with Crippen LogP contribution in [0.5, 0.6) is 0 Å². The van der Waals surface area contributed by atoms with Crippen molar-refractivity contribution in [3.63, 3.8) is 0 Å². The molecule has 0 saturated carbocycles. The van der Waals surface area contributed by atoms with Crippen LogP contribution in [0.15, 0.2) is 47.4 Å². The van der Waals surface area contributed by atoms with E-state index in [9.17, 15) is 0 Å². The van der Waals surface area contributed by atoms with Crippen molar-refractivity contribution >= 4 is 16.9 Å². The van der Waals surface area contributed by atoms with E-state index in [4.69, 9.17) is 4.52 Å². The maximum atomic E-state index is 4.99. The van der Waals surface area contributed by atoms with Crippen molar-refractivity contribution in [2.24, 2.45) is 0 Å². The molecule has 2 heterocycles. The molecule has 0 amide bonds. The molecule has 0 atom stereocenters. The van der Waals surface area contributed by atoms with E-state index < -0.39 is 0 Å². The van der Waals surface area contributed by atoms with E-state index in [0.717, 1.165) is 30.6 Å². The molecular weight excluding hydrogens is 240 g/mol. The molecule has 3 rings (SSSR count). The number of nitrogens with one attached hydrogen (secondary N) is 1. The van der Waals surface area contributed by atoms with Gasteiger partial charge in [-0.1, -0.05) is 35.5 Å². The molecule has 0 aliphatic rings. The first-order chi connectivity index (χ1) is 9.43. The zero-order chi connectivity index (χ0) is 12.9. The predicted octanol–water partition coefficient (Wildman–Crippen LogP) is 2.66. The Kier molecular flexibility index (Phi) is 3.36. The quantitative estimate of drug-likeness (QED) is 0.709. The summed E-state index contributed by atoms with van der Waals surface area (Å²) in [6, 6.07) is 10.4. The first kappa shape index (κ1) is 11.6. The normalized spacial score (nSPS) is 10.7. The second kappa shape index (κ2) is 5.48. The number of hydrogen-bond acceptors (Lipinski definition) is 5. The number of benzene rings is 1. The Balaban J connectivity index is 1.57. The van der Waals surface area contributed by atoms with E-state index >= 15 is 0 Å².